The molecule has 0 aliphatic rings. The molecule has 39 heavy (non-hydrogen) atoms. The lowest BCUT2D eigenvalue weighted by molar-refractivity contribution is -0.139. The number of carbonyl (C=O) groups is 2. The lowest BCUT2D eigenvalue weighted by atomic mass is 10.0. The van der Waals surface area contributed by atoms with E-state index in [-0.39, 0.29) is 6.42 Å². The first-order valence-electron chi connectivity index (χ1n) is 12.6. The van der Waals surface area contributed by atoms with E-state index in [4.69, 9.17) is 9.97 Å². The molecule has 0 aliphatic carbocycles. The molecule has 7 heteroatoms. The summed E-state index contributed by atoms with van der Waals surface area (Å²) in [6, 6.07) is 31.2. The van der Waals surface area contributed by atoms with Crippen molar-refractivity contribution >= 4 is 33.8 Å². The molecule has 3 N–H and O–H groups in total. The number of aromatic amines is 1. The Balaban J connectivity index is 1.33. The van der Waals surface area contributed by atoms with Crippen LogP contribution in [0.1, 0.15) is 15.9 Å². The molecule has 6 rings (SSSR count). The van der Waals surface area contributed by atoms with Crippen molar-refractivity contribution in [2.45, 2.75) is 12.5 Å². The molecule has 2 aromatic heterocycles. The van der Waals surface area contributed by atoms with Gasteiger partial charge in [0.15, 0.2) is 0 Å². The second-order valence-electron chi connectivity index (χ2n) is 9.28. The summed E-state index contributed by atoms with van der Waals surface area (Å²) in [5.41, 5.74) is 6.53. The summed E-state index contributed by atoms with van der Waals surface area (Å²) < 4.78 is 0. The zero-order valence-corrected chi connectivity index (χ0v) is 20.8. The molecule has 1 amide bonds. The molecule has 0 fully saturated rings. The van der Waals surface area contributed by atoms with Crippen molar-refractivity contribution in [3.8, 4) is 22.5 Å². The van der Waals surface area contributed by atoms with E-state index in [2.05, 4.69) is 10.3 Å². The Hall–Kier alpha value is -5.30. The van der Waals surface area contributed by atoms with Gasteiger partial charge in [-0.2, -0.15) is 0 Å². The van der Waals surface area contributed by atoms with E-state index in [0.29, 0.717) is 22.3 Å². The zero-order chi connectivity index (χ0) is 26.8. The van der Waals surface area contributed by atoms with Gasteiger partial charge in [-0.15, -0.1) is 0 Å². The third kappa shape index (κ3) is 4.85. The first-order chi connectivity index (χ1) is 19.1. The van der Waals surface area contributed by atoms with E-state index in [9.17, 15) is 14.7 Å². The summed E-state index contributed by atoms with van der Waals surface area (Å²) in [5, 5.41) is 13.5. The van der Waals surface area contributed by atoms with Crippen LogP contribution in [0, 0.1) is 0 Å². The van der Waals surface area contributed by atoms with Crippen molar-refractivity contribution in [2.24, 2.45) is 0 Å². The fourth-order valence-electron chi connectivity index (χ4n) is 4.75. The van der Waals surface area contributed by atoms with E-state index in [1.165, 1.54) is 0 Å². The van der Waals surface area contributed by atoms with Gasteiger partial charge in [0.25, 0.3) is 5.91 Å². The fraction of sp³-hybridized carbons (Fsp3) is 0.0625. The van der Waals surface area contributed by atoms with Crippen LogP contribution in [0.5, 0.6) is 0 Å². The lowest BCUT2D eigenvalue weighted by Crippen LogP contribution is -2.42. The van der Waals surface area contributed by atoms with Crippen molar-refractivity contribution in [3.63, 3.8) is 0 Å². The van der Waals surface area contributed by atoms with Gasteiger partial charge in [-0.25, -0.2) is 14.8 Å². The number of amides is 1. The van der Waals surface area contributed by atoms with E-state index < -0.39 is 17.9 Å². The van der Waals surface area contributed by atoms with Crippen molar-refractivity contribution < 1.29 is 14.7 Å². The highest BCUT2D eigenvalue weighted by molar-refractivity contribution is 6.00. The van der Waals surface area contributed by atoms with E-state index >= 15 is 0 Å². The highest BCUT2D eigenvalue weighted by atomic mass is 16.4. The average Bonchev–Trinajstić information content (AvgIpc) is 3.39. The molecule has 0 saturated carbocycles. The van der Waals surface area contributed by atoms with Gasteiger partial charge in [-0.3, -0.25) is 4.79 Å². The Kier molecular flexibility index (Phi) is 6.31. The van der Waals surface area contributed by atoms with Crippen LogP contribution >= 0.6 is 0 Å². The predicted molar refractivity (Wildman–Crippen MR) is 151 cm³/mol. The molecular weight excluding hydrogens is 488 g/mol. The minimum Gasteiger partial charge on any atom is -0.480 e. The molecule has 4 aromatic carbocycles. The van der Waals surface area contributed by atoms with Gasteiger partial charge in [0.05, 0.1) is 22.4 Å². The highest BCUT2D eigenvalue weighted by Gasteiger charge is 2.23. The van der Waals surface area contributed by atoms with Crippen LogP contribution in [-0.4, -0.2) is 38.0 Å². The number of fused-ring (bicyclic) bond motifs is 2. The van der Waals surface area contributed by atoms with Gasteiger partial charge < -0.3 is 15.4 Å². The number of nitrogens with one attached hydrogen (secondary N) is 2. The standard InChI is InChI=1S/C32H24N4O3/c37-31(36-28(32(38)39)18-23-19-33-25-14-8-7-13-24(23)25)22-15-16-26-27(17-22)35-30(21-11-5-2-6-12-21)29(34-26)20-9-3-1-4-10-20/h1-17,19,28,33H,18H2,(H,36,37)(H,38,39)/t28-/m0/s1. The number of carboxylic acids is 1. The fourth-order valence-corrected chi connectivity index (χ4v) is 4.75. The van der Waals surface area contributed by atoms with E-state index in [1.54, 1.807) is 24.4 Å². The molecular formula is C32H24N4O3. The van der Waals surface area contributed by atoms with Crippen molar-refractivity contribution in [1.29, 1.82) is 0 Å². The molecule has 0 radical (unpaired) electrons. The number of nitrogens with zero attached hydrogens (tertiary/aromatic N) is 2. The van der Waals surface area contributed by atoms with Crippen LogP contribution in [0.3, 0.4) is 0 Å². The molecule has 0 unspecified atom stereocenters. The largest absolute Gasteiger partial charge is 0.480 e. The maximum atomic E-state index is 13.2. The molecule has 0 aliphatic heterocycles. The zero-order valence-electron chi connectivity index (χ0n) is 20.8. The number of benzene rings is 4. The molecule has 7 nitrogen and oxygen atoms in total. The summed E-state index contributed by atoms with van der Waals surface area (Å²) in [4.78, 5) is 38.2. The number of aliphatic carboxylic acids is 1. The number of H-pyrrole nitrogens is 1. The Labute approximate surface area is 224 Å². The van der Waals surface area contributed by atoms with Crippen LogP contribution in [-0.2, 0) is 11.2 Å². The summed E-state index contributed by atoms with van der Waals surface area (Å²) in [5.74, 6) is -1.59. The highest BCUT2D eigenvalue weighted by Crippen LogP contribution is 2.31. The molecule has 2 heterocycles. The number of aromatic nitrogens is 3. The molecule has 190 valence electrons. The predicted octanol–water partition coefficient (Wildman–Crippen LogP) is 5.87. The molecule has 0 saturated heterocycles. The number of rotatable bonds is 7. The maximum absolute atomic E-state index is 13.2. The number of para-hydroxylation sites is 1. The minimum atomic E-state index is -1.10. The third-order valence-corrected chi connectivity index (χ3v) is 6.72. The SMILES string of the molecule is O=C(N[C@@H](Cc1c[nH]c2ccccc12)C(=O)O)c1ccc2nc(-c3ccccc3)c(-c3ccccc3)nc2c1. The second-order valence-corrected chi connectivity index (χ2v) is 9.28. The average molecular weight is 513 g/mol. The summed E-state index contributed by atoms with van der Waals surface area (Å²) in [6.07, 6.45) is 1.94. The van der Waals surface area contributed by atoms with Gasteiger partial charge in [0.2, 0.25) is 0 Å². The summed E-state index contributed by atoms with van der Waals surface area (Å²) in [7, 11) is 0. The van der Waals surface area contributed by atoms with E-state index in [0.717, 1.165) is 33.3 Å². The number of carbonyl (C=O) groups excluding carboxylic acids is 1. The van der Waals surface area contributed by atoms with Crippen LogP contribution in [0.25, 0.3) is 44.5 Å². The van der Waals surface area contributed by atoms with Gasteiger partial charge >= 0.3 is 5.97 Å². The van der Waals surface area contributed by atoms with Crippen LogP contribution in [0.2, 0.25) is 0 Å². The number of hydrogen-bond acceptors (Lipinski definition) is 4. The molecule has 0 spiro atoms. The van der Waals surface area contributed by atoms with Gasteiger partial charge in [0.1, 0.15) is 6.04 Å². The van der Waals surface area contributed by atoms with Gasteiger partial charge in [0, 0.05) is 40.2 Å². The van der Waals surface area contributed by atoms with Crippen molar-refractivity contribution in [2.75, 3.05) is 0 Å². The van der Waals surface area contributed by atoms with Crippen LogP contribution in [0.4, 0.5) is 0 Å². The molecule has 6 aromatic rings. The van der Waals surface area contributed by atoms with Gasteiger partial charge in [-0.05, 0) is 29.8 Å². The monoisotopic (exact) mass is 512 g/mol. The first-order valence-corrected chi connectivity index (χ1v) is 12.6. The van der Waals surface area contributed by atoms with Crippen molar-refractivity contribution in [3.05, 3.63) is 120 Å². The smallest absolute Gasteiger partial charge is 0.326 e. The Morgan fingerprint density at radius 1 is 0.769 bits per heavy atom. The van der Waals surface area contributed by atoms with E-state index in [1.807, 2.05) is 84.9 Å². The minimum absolute atomic E-state index is 0.150. The topological polar surface area (TPSA) is 108 Å². The molecule has 0 bridgehead atoms. The number of carboxylic acid groups (broad SMARTS) is 1. The molecule has 1 atom stereocenters. The van der Waals surface area contributed by atoms with Crippen LogP contribution in [0.15, 0.2) is 109 Å². The Morgan fingerprint density at radius 2 is 1.38 bits per heavy atom. The summed E-state index contributed by atoms with van der Waals surface area (Å²) in [6.45, 7) is 0. The lowest BCUT2D eigenvalue weighted by Gasteiger charge is -2.15. The number of hydrogen-bond donors (Lipinski definition) is 3. The maximum Gasteiger partial charge on any atom is 0.326 e. The summed E-state index contributed by atoms with van der Waals surface area (Å²) >= 11 is 0. The van der Waals surface area contributed by atoms with Crippen LogP contribution < -0.4 is 5.32 Å². The normalized spacial score (nSPS) is 11.9. The third-order valence-electron chi connectivity index (χ3n) is 6.72. The van der Waals surface area contributed by atoms with Gasteiger partial charge in [-0.1, -0.05) is 78.9 Å². The Bertz CT molecular complexity index is 1810. The first kappa shape index (κ1) is 24.1. The Morgan fingerprint density at radius 3 is 2.05 bits per heavy atom. The van der Waals surface area contributed by atoms with Crippen molar-refractivity contribution in [1.82, 2.24) is 20.3 Å². The quantitative estimate of drug-likeness (QED) is 0.248. The second kappa shape index (κ2) is 10.2.